The average Bonchev–Trinajstić information content (AvgIpc) is 2.39. The summed E-state index contributed by atoms with van der Waals surface area (Å²) in [7, 11) is 0. The number of carbonyl (C=O) groups is 1. The van der Waals surface area contributed by atoms with E-state index in [1.54, 1.807) is 30.3 Å². The van der Waals surface area contributed by atoms with E-state index in [0.29, 0.717) is 10.7 Å². The Morgan fingerprint density at radius 3 is 2.94 bits per heavy atom. The molecule has 0 aliphatic rings. The fourth-order valence-corrected chi connectivity index (χ4v) is 1.23. The Bertz CT molecular complexity index is 507. The first-order valence-corrected chi connectivity index (χ1v) is 5.50. The Morgan fingerprint density at radius 1 is 1.61 bits per heavy atom. The molecule has 1 aromatic rings. The molecular formula is C12H11ClN4O. The first-order chi connectivity index (χ1) is 8.69. The van der Waals surface area contributed by atoms with E-state index in [-0.39, 0.29) is 6.54 Å². The minimum absolute atomic E-state index is 0.276. The average molecular weight is 263 g/mol. The number of benzene rings is 1. The van der Waals surface area contributed by atoms with E-state index in [9.17, 15) is 4.79 Å². The highest BCUT2D eigenvalue weighted by Gasteiger charge is 2.15. The molecule has 0 bridgehead atoms. The first-order valence-electron chi connectivity index (χ1n) is 5.12. The number of nitrogens with zero attached hydrogens (tertiary/aromatic N) is 3. The number of amides is 1. The molecule has 0 aliphatic carbocycles. The molecule has 1 atom stereocenters. The zero-order valence-electron chi connectivity index (χ0n) is 9.51. The van der Waals surface area contributed by atoms with Crippen LogP contribution in [0.4, 0.5) is 5.69 Å². The van der Waals surface area contributed by atoms with Crippen molar-refractivity contribution in [1.29, 1.82) is 5.26 Å². The highest BCUT2D eigenvalue weighted by Crippen LogP contribution is 2.24. The van der Waals surface area contributed by atoms with Crippen molar-refractivity contribution in [3.8, 4) is 6.07 Å². The Morgan fingerprint density at radius 2 is 2.33 bits per heavy atom. The van der Waals surface area contributed by atoms with Gasteiger partial charge in [-0.15, -0.1) is 6.58 Å². The molecule has 18 heavy (non-hydrogen) atoms. The van der Waals surface area contributed by atoms with Gasteiger partial charge in [-0.1, -0.05) is 29.8 Å². The Balaban J connectivity index is 2.75. The molecule has 5 nitrogen and oxygen atoms in total. The van der Waals surface area contributed by atoms with E-state index in [0.717, 1.165) is 0 Å². The van der Waals surface area contributed by atoms with Gasteiger partial charge in [0.2, 0.25) is 6.04 Å². The number of rotatable bonds is 5. The lowest BCUT2D eigenvalue weighted by Crippen LogP contribution is -2.32. The number of hydrogen-bond donors (Lipinski definition) is 1. The van der Waals surface area contributed by atoms with Crippen LogP contribution in [0.2, 0.25) is 5.02 Å². The van der Waals surface area contributed by atoms with Crippen LogP contribution in [0.3, 0.4) is 0 Å². The molecular weight excluding hydrogens is 252 g/mol. The van der Waals surface area contributed by atoms with Crippen molar-refractivity contribution in [2.45, 2.75) is 6.04 Å². The summed E-state index contributed by atoms with van der Waals surface area (Å²) in [5, 5.41) is 19.1. The fourth-order valence-electron chi connectivity index (χ4n) is 1.06. The summed E-state index contributed by atoms with van der Waals surface area (Å²) in [5.41, 5.74) is 0.413. The molecule has 1 unspecified atom stereocenters. The maximum Gasteiger partial charge on any atom is 0.261 e. The van der Waals surface area contributed by atoms with Gasteiger partial charge in [0.15, 0.2) is 0 Å². The van der Waals surface area contributed by atoms with E-state index < -0.39 is 11.9 Å². The smallest absolute Gasteiger partial charge is 0.261 e. The predicted octanol–water partition coefficient (Wildman–Crippen LogP) is 2.62. The summed E-state index contributed by atoms with van der Waals surface area (Å²) < 4.78 is 0. The number of azo groups is 1. The van der Waals surface area contributed by atoms with E-state index in [1.165, 1.54) is 6.08 Å². The SMILES string of the molecule is C=CCNC(=O)C(C#N)N=Nc1ccccc1Cl. The van der Waals surface area contributed by atoms with Gasteiger partial charge in [-0.25, -0.2) is 0 Å². The molecule has 1 N–H and O–H groups in total. The molecule has 6 heteroatoms. The van der Waals surface area contributed by atoms with Crippen molar-refractivity contribution >= 4 is 23.2 Å². The van der Waals surface area contributed by atoms with Crippen LogP contribution in [0.15, 0.2) is 47.1 Å². The number of nitriles is 1. The molecule has 1 amide bonds. The van der Waals surface area contributed by atoms with Crippen molar-refractivity contribution in [3.63, 3.8) is 0 Å². The lowest BCUT2D eigenvalue weighted by molar-refractivity contribution is -0.121. The van der Waals surface area contributed by atoms with Gasteiger partial charge in [-0.05, 0) is 12.1 Å². The fraction of sp³-hybridized carbons (Fsp3) is 0.167. The lowest BCUT2D eigenvalue weighted by atomic mass is 10.3. The summed E-state index contributed by atoms with van der Waals surface area (Å²) in [4.78, 5) is 11.5. The Kier molecular flexibility index (Phi) is 5.55. The van der Waals surface area contributed by atoms with E-state index in [1.807, 2.05) is 0 Å². The van der Waals surface area contributed by atoms with Gasteiger partial charge < -0.3 is 5.32 Å². The maximum atomic E-state index is 11.5. The maximum absolute atomic E-state index is 11.5. The Labute approximate surface area is 110 Å². The summed E-state index contributed by atoms with van der Waals surface area (Å²) >= 11 is 5.86. The van der Waals surface area contributed by atoms with Gasteiger partial charge in [0.05, 0.1) is 5.02 Å². The van der Waals surface area contributed by atoms with Gasteiger partial charge >= 0.3 is 0 Å². The second kappa shape index (κ2) is 7.20. The largest absolute Gasteiger partial charge is 0.350 e. The van der Waals surface area contributed by atoms with Crippen molar-refractivity contribution in [2.75, 3.05) is 6.54 Å². The summed E-state index contributed by atoms with van der Waals surface area (Å²) in [6.45, 7) is 3.73. The second-order valence-electron chi connectivity index (χ2n) is 3.23. The van der Waals surface area contributed by atoms with Gasteiger partial charge in [-0.3, -0.25) is 4.79 Å². The molecule has 0 fully saturated rings. The molecule has 92 valence electrons. The number of carbonyl (C=O) groups excluding carboxylic acids is 1. The molecule has 0 aliphatic heterocycles. The number of hydrogen-bond acceptors (Lipinski definition) is 4. The van der Waals surface area contributed by atoms with Crippen LogP contribution in [-0.2, 0) is 4.79 Å². The molecule has 0 spiro atoms. The molecule has 0 radical (unpaired) electrons. The van der Waals surface area contributed by atoms with Crippen LogP contribution in [0, 0.1) is 11.3 Å². The zero-order valence-corrected chi connectivity index (χ0v) is 10.3. The standard InChI is InChI=1S/C12H11ClN4O/c1-2-7-15-12(18)11(8-14)17-16-10-6-4-3-5-9(10)13/h2-6,11H,1,7H2,(H,15,18). The van der Waals surface area contributed by atoms with Gasteiger partial charge in [0.25, 0.3) is 5.91 Å². The van der Waals surface area contributed by atoms with Crippen LogP contribution in [-0.4, -0.2) is 18.5 Å². The summed E-state index contributed by atoms with van der Waals surface area (Å²) in [6.07, 6.45) is 1.51. The van der Waals surface area contributed by atoms with Gasteiger partial charge in [-0.2, -0.15) is 15.5 Å². The van der Waals surface area contributed by atoms with Gasteiger partial charge in [0, 0.05) is 6.54 Å². The van der Waals surface area contributed by atoms with Crippen molar-refractivity contribution < 1.29 is 4.79 Å². The quantitative estimate of drug-likeness (QED) is 0.654. The zero-order chi connectivity index (χ0) is 13.4. The van der Waals surface area contributed by atoms with Crippen LogP contribution >= 0.6 is 11.6 Å². The van der Waals surface area contributed by atoms with Crippen LogP contribution < -0.4 is 5.32 Å². The Hall–Kier alpha value is -2.19. The molecule has 0 saturated heterocycles. The lowest BCUT2D eigenvalue weighted by Gasteiger charge is -2.03. The third-order valence-electron chi connectivity index (χ3n) is 1.92. The third-order valence-corrected chi connectivity index (χ3v) is 2.24. The minimum Gasteiger partial charge on any atom is -0.350 e. The number of halogens is 1. The van der Waals surface area contributed by atoms with Crippen molar-refractivity contribution in [2.24, 2.45) is 10.2 Å². The second-order valence-corrected chi connectivity index (χ2v) is 3.64. The minimum atomic E-state index is -1.19. The molecule has 1 rings (SSSR count). The first kappa shape index (κ1) is 13.9. The van der Waals surface area contributed by atoms with E-state index in [2.05, 4.69) is 22.1 Å². The highest BCUT2D eigenvalue weighted by atomic mass is 35.5. The molecule has 0 saturated carbocycles. The van der Waals surface area contributed by atoms with Crippen molar-refractivity contribution in [3.05, 3.63) is 41.9 Å². The van der Waals surface area contributed by atoms with Crippen LogP contribution in [0.1, 0.15) is 0 Å². The van der Waals surface area contributed by atoms with E-state index >= 15 is 0 Å². The third kappa shape index (κ3) is 4.00. The number of nitrogens with one attached hydrogen (secondary N) is 1. The van der Waals surface area contributed by atoms with Gasteiger partial charge in [0.1, 0.15) is 11.8 Å². The normalized spacial score (nSPS) is 11.8. The summed E-state index contributed by atoms with van der Waals surface area (Å²) in [6, 6.07) is 7.33. The van der Waals surface area contributed by atoms with Crippen molar-refractivity contribution in [1.82, 2.24) is 5.32 Å². The predicted molar refractivity (Wildman–Crippen MR) is 68.6 cm³/mol. The van der Waals surface area contributed by atoms with Crippen LogP contribution in [0.25, 0.3) is 0 Å². The molecule has 0 heterocycles. The van der Waals surface area contributed by atoms with E-state index in [4.69, 9.17) is 16.9 Å². The topological polar surface area (TPSA) is 77.6 Å². The molecule has 1 aromatic carbocycles. The molecule has 0 aromatic heterocycles. The summed E-state index contributed by atoms with van der Waals surface area (Å²) in [5.74, 6) is -0.520. The highest BCUT2D eigenvalue weighted by molar-refractivity contribution is 6.32. The van der Waals surface area contributed by atoms with Crippen LogP contribution in [0.5, 0.6) is 0 Å². The monoisotopic (exact) mass is 262 g/mol.